The molecule has 3 atom stereocenters. The molecule has 3 nitrogen and oxygen atoms in total. The first-order valence-corrected chi connectivity index (χ1v) is 8.34. The van der Waals surface area contributed by atoms with Crippen LogP contribution in [0.25, 0.3) is 0 Å². The fraction of sp³-hybridized carbons (Fsp3) is 0.889. The van der Waals surface area contributed by atoms with E-state index in [9.17, 15) is 4.79 Å². The lowest BCUT2D eigenvalue weighted by molar-refractivity contribution is -0.160. The molecule has 3 heteroatoms. The van der Waals surface area contributed by atoms with Crippen LogP contribution >= 0.6 is 0 Å². The number of nitriles is 1. The van der Waals surface area contributed by atoms with Crippen molar-refractivity contribution in [2.24, 2.45) is 22.2 Å². The molecule has 3 unspecified atom stereocenters. The van der Waals surface area contributed by atoms with Crippen LogP contribution in [-0.4, -0.2) is 23.9 Å². The quantitative estimate of drug-likeness (QED) is 0.794. The largest absolute Gasteiger partial charge is 0.330 e. The first-order valence-electron chi connectivity index (χ1n) is 8.34. The summed E-state index contributed by atoms with van der Waals surface area (Å²) in [5.74, 6) is 0.987. The second-order valence-electron chi connectivity index (χ2n) is 9.12. The molecule has 1 amide bonds. The lowest BCUT2D eigenvalue weighted by atomic mass is 9.40. The Morgan fingerprint density at radius 3 is 2.29 bits per heavy atom. The van der Waals surface area contributed by atoms with Crippen LogP contribution in [0.4, 0.5) is 0 Å². The predicted molar refractivity (Wildman–Crippen MR) is 82.3 cm³/mol. The molecule has 4 fully saturated rings. The van der Waals surface area contributed by atoms with Gasteiger partial charge in [0.1, 0.15) is 6.04 Å². The van der Waals surface area contributed by atoms with Crippen molar-refractivity contribution >= 4 is 5.91 Å². The van der Waals surface area contributed by atoms with E-state index in [1.165, 1.54) is 38.5 Å². The van der Waals surface area contributed by atoms with Crippen molar-refractivity contribution in [3.8, 4) is 6.07 Å². The van der Waals surface area contributed by atoms with Crippen molar-refractivity contribution in [2.75, 3.05) is 7.05 Å². The van der Waals surface area contributed by atoms with Gasteiger partial charge in [-0.2, -0.15) is 5.26 Å². The lowest BCUT2D eigenvalue weighted by Crippen LogP contribution is -2.56. The first-order chi connectivity index (χ1) is 9.68. The topological polar surface area (TPSA) is 44.1 Å². The van der Waals surface area contributed by atoms with Gasteiger partial charge >= 0.3 is 0 Å². The zero-order valence-corrected chi connectivity index (χ0v) is 13.9. The Morgan fingerprint density at radius 2 is 1.81 bits per heavy atom. The Balaban J connectivity index is 1.79. The molecule has 4 saturated carbocycles. The molecule has 0 aliphatic heterocycles. The van der Waals surface area contributed by atoms with Gasteiger partial charge in [0.25, 0.3) is 0 Å². The molecule has 0 aromatic heterocycles. The SMILES string of the molecule is CC(C#N)N(C)C(=O)CC12CC3CC(C)(CC(C)(C3)C1)C2. The van der Waals surface area contributed by atoms with Gasteiger partial charge in [0, 0.05) is 13.5 Å². The van der Waals surface area contributed by atoms with E-state index in [1.54, 1.807) is 18.9 Å². The van der Waals surface area contributed by atoms with Crippen molar-refractivity contribution < 1.29 is 4.79 Å². The minimum atomic E-state index is -0.322. The molecule has 21 heavy (non-hydrogen) atoms. The highest BCUT2D eigenvalue weighted by Gasteiger charge is 2.60. The van der Waals surface area contributed by atoms with E-state index < -0.39 is 0 Å². The maximum absolute atomic E-state index is 12.6. The maximum Gasteiger partial charge on any atom is 0.223 e. The van der Waals surface area contributed by atoms with E-state index in [0.717, 1.165) is 5.92 Å². The summed E-state index contributed by atoms with van der Waals surface area (Å²) in [6, 6.07) is 1.85. The Hall–Kier alpha value is -1.04. The Kier molecular flexibility index (Phi) is 3.17. The monoisotopic (exact) mass is 288 g/mol. The highest BCUT2D eigenvalue weighted by atomic mass is 16.2. The van der Waals surface area contributed by atoms with Gasteiger partial charge in [0.15, 0.2) is 0 Å². The van der Waals surface area contributed by atoms with Crippen LogP contribution in [0.2, 0.25) is 0 Å². The third kappa shape index (κ3) is 2.47. The van der Waals surface area contributed by atoms with E-state index in [2.05, 4.69) is 19.9 Å². The van der Waals surface area contributed by atoms with E-state index in [-0.39, 0.29) is 17.4 Å². The van der Waals surface area contributed by atoms with Gasteiger partial charge in [-0.3, -0.25) is 4.79 Å². The van der Waals surface area contributed by atoms with Crippen molar-refractivity contribution in [1.82, 2.24) is 4.90 Å². The zero-order valence-electron chi connectivity index (χ0n) is 13.9. The first kappa shape index (κ1) is 14.9. The Bertz CT molecular complexity index is 488. The van der Waals surface area contributed by atoms with Gasteiger partial charge in [-0.1, -0.05) is 13.8 Å². The average Bonchev–Trinajstić information content (AvgIpc) is 2.31. The van der Waals surface area contributed by atoms with Crippen LogP contribution in [0.5, 0.6) is 0 Å². The second-order valence-corrected chi connectivity index (χ2v) is 9.12. The van der Waals surface area contributed by atoms with Gasteiger partial charge < -0.3 is 4.90 Å². The van der Waals surface area contributed by atoms with Crippen LogP contribution in [0.3, 0.4) is 0 Å². The summed E-state index contributed by atoms with van der Waals surface area (Å²) in [5.41, 5.74) is 1.12. The van der Waals surface area contributed by atoms with E-state index in [0.29, 0.717) is 17.3 Å². The van der Waals surface area contributed by atoms with Crippen molar-refractivity contribution in [3.63, 3.8) is 0 Å². The third-order valence-electron chi connectivity index (χ3n) is 6.43. The Morgan fingerprint density at radius 1 is 1.24 bits per heavy atom. The Labute approximate surface area is 128 Å². The molecule has 0 radical (unpaired) electrons. The summed E-state index contributed by atoms with van der Waals surface area (Å²) in [4.78, 5) is 14.3. The fourth-order valence-electron chi connectivity index (χ4n) is 6.63. The minimum Gasteiger partial charge on any atom is -0.330 e. The average molecular weight is 288 g/mol. The minimum absolute atomic E-state index is 0.165. The van der Waals surface area contributed by atoms with Gasteiger partial charge in [-0.25, -0.2) is 0 Å². The van der Waals surface area contributed by atoms with Crippen LogP contribution in [0.15, 0.2) is 0 Å². The summed E-state index contributed by atoms with van der Waals surface area (Å²) in [6.07, 6.45) is 8.39. The van der Waals surface area contributed by atoms with E-state index in [1.807, 2.05) is 0 Å². The van der Waals surface area contributed by atoms with Crippen LogP contribution < -0.4 is 0 Å². The number of nitrogens with zero attached hydrogens (tertiary/aromatic N) is 2. The molecular formula is C18H28N2O. The smallest absolute Gasteiger partial charge is 0.223 e. The van der Waals surface area contributed by atoms with Gasteiger partial charge in [0.05, 0.1) is 6.07 Å². The molecule has 4 aliphatic rings. The number of amides is 1. The molecule has 0 heterocycles. The molecule has 116 valence electrons. The molecule has 0 saturated heterocycles. The number of carbonyl (C=O) groups is 1. The highest BCUT2D eigenvalue weighted by Crippen LogP contribution is 2.70. The number of rotatable bonds is 3. The molecule has 4 rings (SSSR count). The fourth-order valence-corrected chi connectivity index (χ4v) is 6.63. The molecule has 4 aliphatic carbocycles. The third-order valence-corrected chi connectivity index (χ3v) is 6.43. The summed E-state index contributed by atoms with van der Waals surface area (Å²) in [5, 5.41) is 9.02. The predicted octanol–water partition coefficient (Wildman–Crippen LogP) is 3.74. The normalized spacial score (nSPS) is 45.2. The summed E-state index contributed by atoms with van der Waals surface area (Å²) >= 11 is 0. The molecule has 0 N–H and O–H groups in total. The molecular weight excluding hydrogens is 260 g/mol. The van der Waals surface area contributed by atoms with Crippen molar-refractivity contribution in [1.29, 1.82) is 5.26 Å². The van der Waals surface area contributed by atoms with Crippen molar-refractivity contribution in [3.05, 3.63) is 0 Å². The zero-order chi connectivity index (χ0) is 15.5. The lowest BCUT2D eigenvalue weighted by Gasteiger charge is -2.65. The molecule has 0 aromatic carbocycles. The second kappa shape index (κ2) is 4.48. The number of hydrogen-bond acceptors (Lipinski definition) is 2. The molecule has 0 spiro atoms. The van der Waals surface area contributed by atoms with Crippen LogP contribution in [0, 0.1) is 33.5 Å². The molecule has 4 bridgehead atoms. The van der Waals surface area contributed by atoms with Crippen LogP contribution in [0.1, 0.15) is 65.7 Å². The maximum atomic E-state index is 12.6. The summed E-state index contributed by atoms with van der Waals surface area (Å²) in [6.45, 7) is 6.69. The summed E-state index contributed by atoms with van der Waals surface area (Å²) in [7, 11) is 1.78. The van der Waals surface area contributed by atoms with E-state index in [4.69, 9.17) is 5.26 Å². The van der Waals surface area contributed by atoms with Gasteiger partial charge in [-0.05, 0) is 67.6 Å². The molecule has 0 aromatic rings. The van der Waals surface area contributed by atoms with Gasteiger partial charge in [-0.15, -0.1) is 0 Å². The highest BCUT2D eigenvalue weighted by molar-refractivity contribution is 5.77. The van der Waals surface area contributed by atoms with Crippen LogP contribution in [-0.2, 0) is 4.79 Å². The number of hydrogen-bond donors (Lipinski definition) is 0. The van der Waals surface area contributed by atoms with Crippen molar-refractivity contribution in [2.45, 2.75) is 71.8 Å². The standard InChI is InChI=1S/C18H28N2O/c1-13(9-19)20(4)15(21)8-18-7-14-5-16(2,11-18)10-17(3,6-14)12-18/h13-14H,5-8,10-12H2,1-4H3. The van der Waals surface area contributed by atoms with Gasteiger partial charge in [0.2, 0.25) is 5.91 Å². The van der Waals surface area contributed by atoms with E-state index >= 15 is 0 Å². The summed E-state index contributed by atoms with van der Waals surface area (Å²) < 4.78 is 0. The number of carbonyl (C=O) groups excluding carboxylic acids is 1.